The Bertz CT molecular complexity index is 1460. The third kappa shape index (κ3) is 9.42. The highest BCUT2D eigenvalue weighted by Crippen LogP contribution is 2.26. The van der Waals surface area contributed by atoms with Crippen molar-refractivity contribution in [1.82, 2.24) is 9.80 Å². The van der Waals surface area contributed by atoms with Gasteiger partial charge in [0.25, 0.3) is 17.3 Å². The zero-order valence-electron chi connectivity index (χ0n) is 24.6. The van der Waals surface area contributed by atoms with Gasteiger partial charge in [0.05, 0.1) is 17.0 Å². The molecule has 3 aromatic carbocycles. The Morgan fingerprint density at radius 2 is 1.27 bits per heavy atom. The highest BCUT2D eigenvalue weighted by Gasteiger charge is 2.25. The molecule has 0 aromatic heterocycles. The molecule has 45 heavy (non-hydrogen) atoms. The number of halogens is 3. The first-order chi connectivity index (χ1) is 21.5. The Labute approximate surface area is 279 Å². The molecule has 0 N–H and O–H groups in total. The summed E-state index contributed by atoms with van der Waals surface area (Å²) in [5.41, 5.74) is 3.29. The Morgan fingerprint density at radius 1 is 0.800 bits per heavy atom. The number of carbonyl (C=O) groups is 1. The molecule has 3 aromatic rings. The zero-order valence-corrected chi connectivity index (χ0v) is 27.7. The number of non-ortho nitro benzene ring substituents is 2. The Kier molecular flexibility index (Phi) is 12.2. The van der Waals surface area contributed by atoms with Gasteiger partial charge in [-0.3, -0.25) is 29.9 Å². The smallest absolute Gasteiger partial charge is 0.269 e. The fourth-order valence-corrected chi connectivity index (χ4v) is 5.85. The first-order valence-corrected chi connectivity index (χ1v) is 15.8. The molecular formula is C30H33BrCl2N6O6. The molecule has 12 nitrogen and oxygen atoms in total. The molecule has 0 saturated carbocycles. The molecule has 0 atom stereocenters. The van der Waals surface area contributed by atoms with Gasteiger partial charge in [0.15, 0.2) is 4.84 Å². The van der Waals surface area contributed by atoms with Crippen LogP contribution in [0, 0.1) is 20.2 Å². The number of hydrogen-bond donors (Lipinski definition) is 0. The molecule has 0 aliphatic carbocycles. The van der Waals surface area contributed by atoms with Gasteiger partial charge in [-0.05, 0) is 42.5 Å². The topological polar surface area (TPSA) is 126 Å². The summed E-state index contributed by atoms with van der Waals surface area (Å²) in [6, 6.07) is 19.2. The summed E-state index contributed by atoms with van der Waals surface area (Å²) in [6.07, 6.45) is 0. The first-order valence-electron chi connectivity index (χ1n) is 14.2. The number of ether oxygens (including phenoxy) is 1. The maximum Gasteiger partial charge on any atom is 0.269 e. The lowest BCUT2D eigenvalue weighted by atomic mass is 10.1. The number of methoxy groups -OCH3 is 1. The molecule has 2 saturated heterocycles. The highest BCUT2D eigenvalue weighted by atomic mass is 79.9. The van der Waals surface area contributed by atoms with E-state index >= 15 is 0 Å². The average Bonchev–Trinajstić information content (AvgIpc) is 3.05. The van der Waals surface area contributed by atoms with Crippen molar-refractivity contribution in [1.29, 1.82) is 0 Å². The van der Waals surface area contributed by atoms with Crippen LogP contribution in [-0.4, -0.2) is 89.9 Å². The van der Waals surface area contributed by atoms with Crippen molar-refractivity contribution in [2.75, 3.05) is 69.3 Å². The van der Waals surface area contributed by atoms with E-state index in [2.05, 4.69) is 36.7 Å². The van der Waals surface area contributed by atoms with E-state index in [0.29, 0.717) is 26.2 Å². The molecule has 1 amide bonds. The molecule has 0 radical (unpaired) electrons. The van der Waals surface area contributed by atoms with Crippen LogP contribution in [0.15, 0.2) is 71.2 Å². The van der Waals surface area contributed by atoms with E-state index in [1.807, 2.05) is 24.3 Å². The molecule has 2 aliphatic heterocycles. The van der Waals surface area contributed by atoms with Crippen molar-refractivity contribution in [2.24, 2.45) is 0 Å². The Balaban J connectivity index is 0.000000210. The third-order valence-electron chi connectivity index (χ3n) is 7.64. The van der Waals surface area contributed by atoms with Gasteiger partial charge in [-0.2, -0.15) is 0 Å². The van der Waals surface area contributed by atoms with Crippen molar-refractivity contribution >= 4 is 67.8 Å². The first kappa shape index (κ1) is 34.2. The molecular weight excluding hydrogens is 691 g/mol. The predicted molar refractivity (Wildman–Crippen MR) is 179 cm³/mol. The Hall–Kier alpha value is -3.65. The quantitative estimate of drug-likeness (QED) is 0.163. The van der Waals surface area contributed by atoms with Crippen LogP contribution in [0.3, 0.4) is 0 Å². The normalized spacial score (nSPS) is 15.4. The fraction of sp³-hybridized carbons (Fsp3) is 0.367. The second-order valence-electron chi connectivity index (χ2n) is 10.4. The van der Waals surface area contributed by atoms with E-state index < -0.39 is 9.76 Å². The van der Waals surface area contributed by atoms with E-state index in [1.165, 1.54) is 17.7 Å². The van der Waals surface area contributed by atoms with Crippen molar-refractivity contribution in [2.45, 2.75) is 11.4 Å². The van der Waals surface area contributed by atoms with Gasteiger partial charge in [0.2, 0.25) is 0 Å². The van der Waals surface area contributed by atoms with E-state index in [9.17, 15) is 25.0 Å². The SMILES string of the molecule is COc1ccc(Br)cc1CN1CCN(c2ccc([N+](=O)[O-])cc2)CC1.O=C(C(Cl)Cl)N1CCN(c2ccc([N+](=O)[O-])cc2)CC1. The molecule has 0 spiro atoms. The lowest BCUT2D eigenvalue weighted by Gasteiger charge is -2.36. The number of piperazine rings is 2. The summed E-state index contributed by atoms with van der Waals surface area (Å²) in [5, 5.41) is 21.3. The van der Waals surface area contributed by atoms with Crippen LogP contribution in [0.25, 0.3) is 0 Å². The molecule has 2 fully saturated rings. The predicted octanol–water partition coefficient (Wildman–Crippen LogP) is 5.74. The van der Waals surface area contributed by atoms with Gasteiger partial charge in [0.1, 0.15) is 5.75 Å². The van der Waals surface area contributed by atoms with Gasteiger partial charge in [-0.1, -0.05) is 39.1 Å². The summed E-state index contributed by atoms with van der Waals surface area (Å²) >= 11 is 14.6. The minimum atomic E-state index is -1.03. The number of nitro groups is 2. The minimum absolute atomic E-state index is 0.0645. The van der Waals surface area contributed by atoms with E-state index in [1.54, 1.807) is 36.3 Å². The molecule has 5 rings (SSSR count). The van der Waals surface area contributed by atoms with Gasteiger partial charge < -0.3 is 19.4 Å². The van der Waals surface area contributed by atoms with Gasteiger partial charge in [-0.25, -0.2) is 0 Å². The van der Waals surface area contributed by atoms with Gasteiger partial charge >= 0.3 is 0 Å². The summed E-state index contributed by atoms with van der Waals surface area (Å²) in [6.45, 7) is 6.86. The second-order valence-corrected chi connectivity index (χ2v) is 12.4. The number of anilines is 2. The Morgan fingerprint density at radius 3 is 1.69 bits per heavy atom. The number of carbonyl (C=O) groups excluding carboxylic acids is 1. The van der Waals surface area contributed by atoms with Crippen LogP contribution in [0.5, 0.6) is 5.75 Å². The van der Waals surface area contributed by atoms with Crippen LogP contribution in [-0.2, 0) is 11.3 Å². The van der Waals surface area contributed by atoms with Crippen LogP contribution < -0.4 is 14.5 Å². The lowest BCUT2D eigenvalue weighted by molar-refractivity contribution is -0.385. The lowest BCUT2D eigenvalue weighted by Crippen LogP contribution is -2.50. The fourth-order valence-electron chi connectivity index (χ4n) is 5.17. The number of hydrogen-bond acceptors (Lipinski definition) is 9. The number of nitro benzene ring substituents is 2. The summed E-state index contributed by atoms with van der Waals surface area (Å²) in [5.74, 6) is 0.623. The number of nitrogens with zero attached hydrogens (tertiary/aromatic N) is 6. The average molecular weight is 724 g/mol. The van der Waals surface area contributed by atoms with Gasteiger partial charge in [-0.15, -0.1) is 0 Å². The second kappa shape index (κ2) is 16.1. The summed E-state index contributed by atoms with van der Waals surface area (Å²) < 4.78 is 6.50. The maximum absolute atomic E-state index is 11.6. The van der Waals surface area contributed by atoms with E-state index in [0.717, 1.165) is 54.3 Å². The minimum Gasteiger partial charge on any atom is -0.496 e. The molecule has 0 unspecified atom stereocenters. The van der Waals surface area contributed by atoms with Crippen molar-refractivity contribution in [3.8, 4) is 5.75 Å². The van der Waals surface area contributed by atoms with E-state index in [4.69, 9.17) is 27.9 Å². The number of alkyl halides is 2. The van der Waals surface area contributed by atoms with Crippen LogP contribution >= 0.6 is 39.1 Å². The van der Waals surface area contributed by atoms with Crippen LogP contribution in [0.1, 0.15) is 5.56 Å². The highest BCUT2D eigenvalue weighted by molar-refractivity contribution is 9.10. The molecule has 0 bridgehead atoms. The molecule has 2 heterocycles. The van der Waals surface area contributed by atoms with Crippen LogP contribution in [0.4, 0.5) is 22.7 Å². The monoisotopic (exact) mass is 722 g/mol. The maximum atomic E-state index is 11.6. The number of amides is 1. The summed E-state index contributed by atoms with van der Waals surface area (Å²) in [7, 11) is 1.69. The third-order valence-corrected chi connectivity index (χ3v) is 8.50. The zero-order chi connectivity index (χ0) is 32.5. The van der Waals surface area contributed by atoms with Crippen LogP contribution in [0.2, 0.25) is 0 Å². The standard InChI is InChI=1S/C18H20BrN3O3.C12H13Cl2N3O3/c1-25-18-7-2-15(19)12-14(18)13-20-8-10-21(11-9-20)16-3-5-17(6-4-16)22(23)24;13-11(14)12(18)16-7-5-15(6-8-16)9-1-3-10(4-2-9)17(19)20/h2-7,12H,8-11,13H2,1H3;1-4,11H,5-8H2. The van der Waals surface area contributed by atoms with Crippen molar-refractivity contribution in [3.63, 3.8) is 0 Å². The number of rotatable bonds is 8. The van der Waals surface area contributed by atoms with Crippen molar-refractivity contribution < 1.29 is 19.4 Å². The van der Waals surface area contributed by atoms with Gasteiger partial charge in [0, 0.05) is 105 Å². The molecule has 240 valence electrons. The molecule has 15 heteroatoms. The van der Waals surface area contributed by atoms with Crippen molar-refractivity contribution in [3.05, 3.63) is 97.0 Å². The largest absolute Gasteiger partial charge is 0.496 e. The molecule has 2 aliphatic rings. The number of benzene rings is 3. The van der Waals surface area contributed by atoms with E-state index in [-0.39, 0.29) is 22.2 Å². The summed E-state index contributed by atoms with van der Waals surface area (Å²) in [4.78, 5) is 39.5.